The molecule has 0 unspecified atom stereocenters. The molecule has 0 fully saturated rings. The number of benzene rings is 1. The van der Waals surface area contributed by atoms with Gasteiger partial charge in [-0.1, -0.05) is 29.3 Å². The van der Waals surface area contributed by atoms with Crippen LogP contribution in [-0.2, 0) is 19.1 Å². The van der Waals surface area contributed by atoms with Crippen molar-refractivity contribution in [3.05, 3.63) is 44.2 Å². The van der Waals surface area contributed by atoms with E-state index in [0.717, 1.165) is 18.4 Å². The third-order valence-electron chi connectivity index (χ3n) is 3.63. The summed E-state index contributed by atoms with van der Waals surface area (Å²) in [6.45, 7) is 3.06. The number of halogens is 2. The smallest absolute Gasteiger partial charge is 0.397 e. The predicted octanol–water partition coefficient (Wildman–Crippen LogP) is 3.90. The maximum Gasteiger partial charge on any atom is 0.397 e. The minimum absolute atomic E-state index is 0.00757. The Bertz CT molecular complexity index is 989. The molecule has 0 saturated carbocycles. The van der Waals surface area contributed by atoms with Crippen LogP contribution in [0.4, 0.5) is 10.7 Å². The Morgan fingerprint density at radius 2 is 1.83 bits per heavy atom. The SMILES string of the molecule is CCOC(=O)C(=O)Nc1sc(C(=O)Nc2cccc(Cl)c2Cl)c(C)c1C(=O)OC. The molecule has 29 heavy (non-hydrogen) atoms. The van der Waals surface area contributed by atoms with E-state index in [1.807, 2.05) is 0 Å². The van der Waals surface area contributed by atoms with Crippen molar-refractivity contribution in [2.75, 3.05) is 24.4 Å². The first-order valence-corrected chi connectivity index (χ1v) is 9.73. The lowest BCUT2D eigenvalue weighted by Crippen LogP contribution is -2.25. The molecular weight excluding hydrogens is 443 g/mol. The fraction of sp³-hybridized carbons (Fsp3) is 0.222. The fourth-order valence-corrected chi connectivity index (χ4v) is 3.73. The van der Waals surface area contributed by atoms with Crippen LogP contribution in [0.1, 0.15) is 32.5 Å². The van der Waals surface area contributed by atoms with E-state index in [1.54, 1.807) is 25.1 Å². The molecule has 0 radical (unpaired) electrons. The lowest BCUT2D eigenvalue weighted by Gasteiger charge is -2.07. The lowest BCUT2D eigenvalue weighted by atomic mass is 10.1. The van der Waals surface area contributed by atoms with Gasteiger partial charge in [0.15, 0.2) is 0 Å². The van der Waals surface area contributed by atoms with Crippen LogP contribution in [0.15, 0.2) is 18.2 Å². The molecule has 1 aromatic carbocycles. The number of esters is 2. The summed E-state index contributed by atoms with van der Waals surface area (Å²) in [6.07, 6.45) is 0. The number of rotatable bonds is 5. The zero-order chi connectivity index (χ0) is 21.7. The predicted molar refractivity (Wildman–Crippen MR) is 110 cm³/mol. The minimum Gasteiger partial charge on any atom is -0.465 e. The van der Waals surface area contributed by atoms with Crippen LogP contribution in [0.5, 0.6) is 0 Å². The van der Waals surface area contributed by atoms with Crippen LogP contribution in [0, 0.1) is 6.92 Å². The lowest BCUT2D eigenvalue weighted by molar-refractivity contribution is -0.152. The largest absolute Gasteiger partial charge is 0.465 e. The number of carbonyl (C=O) groups excluding carboxylic acids is 4. The third-order valence-corrected chi connectivity index (χ3v) is 5.66. The molecule has 0 spiro atoms. The summed E-state index contributed by atoms with van der Waals surface area (Å²) in [5, 5.41) is 5.28. The zero-order valence-corrected chi connectivity index (χ0v) is 17.9. The monoisotopic (exact) mass is 458 g/mol. The Morgan fingerprint density at radius 1 is 1.14 bits per heavy atom. The fourth-order valence-electron chi connectivity index (χ4n) is 2.30. The molecule has 2 amide bonds. The van der Waals surface area contributed by atoms with Gasteiger partial charge in [-0.15, -0.1) is 11.3 Å². The molecule has 1 aromatic heterocycles. The Balaban J connectivity index is 2.40. The first-order valence-electron chi connectivity index (χ1n) is 8.16. The minimum atomic E-state index is -1.12. The van der Waals surface area contributed by atoms with E-state index in [1.165, 1.54) is 6.92 Å². The standard InChI is InChI=1S/C18H16Cl2N2O6S/c1-4-28-18(26)15(24)22-16-11(17(25)27-3)8(2)13(29-16)14(23)21-10-7-5-6-9(19)12(10)20/h5-7H,4H2,1-3H3,(H,21,23)(H,22,24). The van der Waals surface area contributed by atoms with Crippen molar-refractivity contribution < 1.29 is 28.7 Å². The normalized spacial score (nSPS) is 10.2. The maximum absolute atomic E-state index is 12.7. The van der Waals surface area contributed by atoms with Gasteiger partial charge in [-0.25, -0.2) is 9.59 Å². The summed E-state index contributed by atoms with van der Waals surface area (Å²) in [5.74, 6) is -3.56. The van der Waals surface area contributed by atoms with Gasteiger partial charge >= 0.3 is 17.8 Å². The van der Waals surface area contributed by atoms with Gasteiger partial charge in [-0.2, -0.15) is 0 Å². The topological polar surface area (TPSA) is 111 Å². The van der Waals surface area contributed by atoms with Crippen LogP contribution in [0.25, 0.3) is 0 Å². The van der Waals surface area contributed by atoms with Crippen LogP contribution in [0.2, 0.25) is 10.0 Å². The highest BCUT2D eigenvalue weighted by Gasteiger charge is 2.28. The van der Waals surface area contributed by atoms with Crippen LogP contribution in [0.3, 0.4) is 0 Å². The average molecular weight is 459 g/mol. The summed E-state index contributed by atoms with van der Waals surface area (Å²) < 4.78 is 9.34. The van der Waals surface area contributed by atoms with Crippen molar-refractivity contribution in [1.82, 2.24) is 0 Å². The second kappa shape index (κ2) is 9.73. The molecule has 2 aromatic rings. The molecule has 11 heteroatoms. The maximum atomic E-state index is 12.7. The van der Waals surface area contributed by atoms with Crippen molar-refractivity contribution in [1.29, 1.82) is 0 Å². The third kappa shape index (κ3) is 5.06. The van der Waals surface area contributed by atoms with Gasteiger partial charge in [0.25, 0.3) is 5.91 Å². The van der Waals surface area contributed by atoms with Crippen molar-refractivity contribution >= 4 is 69.0 Å². The first-order chi connectivity index (χ1) is 13.7. The molecule has 154 valence electrons. The van der Waals surface area contributed by atoms with Crippen molar-refractivity contribution in [3.8, 4) is 0 Å². The average Bonchev–Trinajstić information content (AvgIpc) is 3.01. The number of ether oxygens (including phenoxy) is 2. The number of carbonyl (C=O) groups is 4. The van der Waals surface area contributed by atoms with Crippen molar-refractivity contribution in [2.45, 2.75) is 13.8 Å². The van der Waals surface area contributed by atoms with Crippen molar-refractivity contribution in [2.24, 2.45) is 0 Å². The summed E-state index contributed by atoms with van der Waals surface area (Å²) in [7, 11) is 1.15. The van der Waals surface area contributed by atoms with Gasteiger partial charge in [0.05, 0.1) is 39.9 Å². The molecule has 0 aliphatic rings. The molecule has 2 N–H and O–H groups in total. The zero-order valence-electron chi connectivity index (χ0n) is 15.6. The van der Waals surface area contributed by atoms with E-state index < -0.39 is 23.8 Å². The second-order valence-electron chi connectivity index (χ2n) is 5.48. The number of hydrogen-bond donors (Lipinski definition) is 2. The number of methoxy groups -OCH3 is 1. The molecule has 0 atom stereocenters. The molecule has 0 saturated heterocycles. The van der Waals surface area contributed by atoms with Gasteiger partial charge in [0.1, 0.15) is 5.00 Å². The Hall–Kier alpha value is -2.62. The van der Waals surface area contributed by atoms with Gasteiger partial charge in [0.2, 0.25) is 0 Å². The molecular formula is C18H16Cl2N2O6S. The van der Waals surface area contributed by atoms with E-state index >= 15 is 0 Å². The summed E-state index contributed by atoms with van der Waals surface area (Å²) >= 11 is 12.8. The van der Waals surface area contributed by atoms with Crippen LogP contribution < -0.4 is 10.6 Å². The molecule has 0 aliphatic heterocycles. The van der Waals surface area contributed by atoms with E-state index in [-0.39, 0.29) is 43.3 Å². The summed E-state index contributed by atoms with van der Waals surface area (Å²) in [5.41, 5.74) is 0.489. The van der Waals surface area contributed by atoms with Gasteiger partial charge in [-0.05, 0) is 31.5 Å². The number of nitrogens with one attached hydrogen (secondary N) is 2. The molecule has 0 bridgehead atoms. The summed E-state index contributed by atoms with van der Waals surface area (Å²) in [4.78, 5) is 48.6. The molecule has 1 heterocycles. The summed E-state index contributed by atoms with van der Waals surface area (Å²) in [6, 6.07) is 4.73. The molecule has 2 rings (SSSR count). The van der Waals surface area contributed by atoms with E-state index in [9.17, 15) is 19.2 Å². The second-order valence-corrected chi connectivity index (χ2v) is 7.29. The number of amides is 2. The number of anilines is 2. The van der Waals surface area contributed by atoms with Gasteiger partial charge in [0, 0.05) is 0 Å². The van der Waals surface area contributed by atoms with Crippen LogP contribution in [-0.4, -0.2) is 37.5 Å². The Kier molecular flexibility index (Phi) is 7.60. The highest BCUT2D eigenvalue weighted by Crippen LogP contribution is 2.35. The van der Waals surface area contributed by atoms with Crippen LogP contribution >= 0.6 is 34.5 Å². The first kappa shape index (κ1) is 22.7. The number of thiophene rings is 1. The highest BCUT2D eigenvalue weighted by molar-refractivity contribution is 7.19. The van der Waals surface area contributed by atoms with E-state index in [4.69, 9.17) is 27.9 Å². The quantitative estimate of drug-likeness (QED) is 0.518. The van der Waals surface area contributed by atoms with Gasteiger partial charge < -0.3 is 20.1 Å². The Labute approximate surface area is 180 Å². The van der Waals surface area contributed by atoms with E-state index in [2.05, 4.69) is 15.4 Å². The van der Waals surface area contributed by atoms with E-state index in [0.29, 0.717) is 0 Å². The van der Waals surface area contributed by atoms with Gasteiger partial charge in [-0.3, -0.25) is 9.59 Å². The molecule has 8 nitrogen and oxygen atoms in total. The molecule has 0 aliphatic carbocycles. The van der Waals surface area contributed by atoms with Crippen molar-refractivity contribution in [3.63, 3.8) is 0 Å². The Morgan fingerprint density at radius 3 is 2.45 bits per heavy atom. The number of hydrogen-bond acceptors (Lipinski definition) is 7. The highest BCUT2D eigenvalue weighted by atomic mass is 35.5.